The molecule has 1 amide bonds. The lowest BCUT2D eigenvalue weighted by Gasteiger charge is -2.39. The SMILES string of the molecule is CC1(C)[C@@]2(C)CC[C@]1(C(=O)Nc1c(Cl)cccc1Cl)[C@H](Br)C2=O. The molecule has 0 unspecified atom stereocenters. The second kappa shape index (κ2) is 5.21. The lowest BCUT2D eigenvalue weighted by molar-refractivity contribution is -0.130. The van der Waals surface area contributed by atoms with Crippen LogP contribution in [0.2, 0.25) is 10.0 Å². The summed E-state index contributed by atoms with van der Waals surface area (Å²) in [5, 5.41) is 3.65. The molecule has 0 aromatic heterocycles. The highest BCUT2D eigenvalue weighted by atomic mass is 79.9. The molecule has 2 fully saturated rings. The predicted octanol–water partition coefficient (Wildman–Crippen LogP) is 5.09. The van der Waals surface area contributed by atoms with Crippen LogP contribution in [0, 0.1) is 16.2 Å². The third-order valence-electron chi connectivity index (χ3n) is 6.33. The van der Waals surface area contributed by atoms with E-state index in [9.17, 15) is 9.59 Å². The van der Waals surface area contributed by atoms with Crippen LogP contribution in [0.4, 0.5) is 5.69 Å². The van der Waals surface area contributed by atoms with Crippen LogP contribution < -0.4 is 5.32 Å². The van der Waals surface area contributed by atoms with E-state index in [0.717, 1.165) is 0 Å². The fourth-order valence-corrected chi connectivity index (χ4v) is 6.30. The Labute approximate surface area is 154 Å². The third kappa shape index (κ3) is 1.95. The molecule has 3 atom stereocenters. The topological polar surface area (TPSA) is 46.2 Å². The fraction of sp³-hybridized carbons (Fsp3) is 0.529. The van der Waals surface area contributed by atoms with Crippen LogP contribution in [0.25, 0.3) is 0 Å². The first-order valence-corrected chi connectivity index (χ1v) is 9.20. The number of para-hydroxylation sites is 1. The van der Waals surface area contributed by atoms with Gasteiger partial charge in [0.05, 0.1) is 26.0 Å². The highest BCUT2D eigenvalue weighted by molar-refractivity contribution is 9.10. The van der Waals surface area contributed by atoms with Crippen molar-refractivity contribution < 1.29 is 9.59 Å². The van der Waals surface area contributed by atoms with Crippen molar-refractivity contribution in [3.05, 3.63) is 28.2 Å². The molecule has 0 radical (unpaired) electrons. The number of alkyl halides is 1. The molecular formula is C17H18BrCl2NO2. The van der Waals surface area contributed by atoms with Gasteiger partial charge < -0.3 is 5.32 Å². The molecule has 1 aromatic carbocycles. The summed E-state index contributed by atoms with van der Waals surface area (Å²) in [5.41, 5.74) is -1.36. The first-order valence-electron chi connectivity index (χ1n) is 7.53. The Kier molecular flexibility index (Phi) is 3.90. The van der Waals surface area contributed by atoms with Crippen molar-refractivity contribution in [2.45, 2.75) is 38.4 Å². The Bertz CT molecular complexity index is 700. The highest BCUT2D eigenvalue weighted by Crippen LogP contribution is 2.72. The van der Waals surface area contributed by atoms with E-state index in [1.807, 2.05) is 20.8 Å². The zero-order valence-corrected chi connectivity index (χ0v) is 16.3. The number of hydrogen-bond donors (Lipinski definition) is 1. The minimum atomic E-state index is -0.804. The van der Waals surface area contributed by atoms with E-state index >= 15 is 0 Å². The maximum absolute atomic E-state index is 13.2. The van der Waals surface area contributed by atoms with Crippen LogP contribution in [-0.2, 0) is 9.59 Å². The maximum atomic E-state index is 13.2. The van der Waals surface area contributed by atoms with Gasteiger partial charge >= 0.3 is 0 Å². The summed E-state index contributed by atoms with van der Waals surface area (Å²) in [6, 6.07) is 5.08. The van der Waals surface area contributed by atoms with Crippen molar-refractivity contribution in [3.63, 3.8) is 0 Å². The van der Waals surface area contributed by atoms with Crippen molar-refractivity contribution in [3.8, 4) is 0 Å². The van der Waals surface area contributed by atoms with E-state index in [1.165, 1.54) is 0 Å². The standard InChI is InChI=1S/C17H18BrCl2NO2/c1-15(2)16(3)7-8-17(15,12(18)13(16)22)14(23)21-11-9(19)5-4-6-10(11)20/h4-6,12H,7-8H2,1-3H3,(H,21,23)/t12-,16+,17-/m1/s1. The molecule has 2 aliphatic rings. The molecule has 1 N–H and O–H groups in total. The van der Waals surface area contributed by atoms with Gasteiger partial charge in [-0.2, -0.15) is 0 Å². The highest BCUT2D eigenvalue weighted by Gasteiger charge is 2.76. The van der Waals surface area contributed by atoms with Crippen molar-refractivity contribution in [2.24, 2.45) is 16.2 Å². The largest absolute Gasteiger partial charge is 0.323 e. The van der Waals surface area contributed by atoms with Gasteiger partial charge in [0.2, 0.25) is 5.91 Å². The number of nitrogens with one attached hydrogen (secondary N) is 1. The number of Topliss-reactive ketones (excluding diaryl/α,β-unsaturated/α-hetero) is 1. The van der Waals surface area contributed by atoms with Crippen LogP contribution in [0.5, 0.6) is 0 Å². The molecule has 23 heavy (non-hydrogen) atoms. The third-order valence-corrected chi connectivity index (χ3v) is 8.15. The van der Waals surface area contributed by atoms with E-state index in [2.05, 4.69) is 21.2 Å². The average Bonchev–Trinajstić information content (AvgIpc) is 2.75. The van der Waals surface area contributed by atoms with Crippen LogP contribution in [0.15, 0.2) is 18.2 Å². The molecule has 0 aliphatic heterocycles. The Balaban J connectivity index is 2.04. The number of amides is 1. The summed E-state index contributed by atoms with van der Waals surface area (Å²) in [7, 11) is 0. The Morgan fingerprint density at radius 1 is 1.22 bits per heavy atom. The fourth-order valence-electron chi connectivity index (χ4n) is 4.30. The number of carbonyl (C=O) groups is 2. The Hall–Kier alpha value is -0.580. The van der Waals surface area contributed by atoms with Gasteiger partial charge in [0.25, 0.3) is 0 Å². The number of halogens is 3. The van der Waals surface area contributed by atoms with Gasteiger partial charge in [0, 0.05) is 5.41 Å². The van der Waals surface area contributed by atoms with Crippen LogP contribution in [-0.4, -0.2) is 16.5 Å². The minimum Gasteiger partial charge on any atom is -0.323 e. The molecule has 0 heterocycles. The molecule has 2 saturated carbocycles. The Morgan fingerprint density at radius 3 is 2.26 bits per heavy atom. The first kappa shape index (κ1) is 17.2. The number of benzene rings is 1. The van der Waals surface area contributed by atoms with Crippen molar-refractivity contribution in [1.82, 2.24) is 0 Å². The van der Waals surface area contributed by atoms with Crippen LogP contribution in [0.1, 0.15) is 33.6 Å². The van der Waals surface area contributed by atoms with Gasteiger partial charge in [-0.3, -0.25) is 9.59 Å². The van der Waals surface area contributed by atoms with E-state index < -0.39 is 21.1 Å². The molecule has 3 rings (SSSR count). The van der Waals surface area contributed by atoms with Gasteiger partial charge in [-0.25, -0.2) is 0 Å². The van der Waals surface area contributed by atoms with Crippen molar-refractivity contribution >= 4 is 56.5 Å². The Morgan fingerprint density at radius 2 is 1.78 bits per heavy atom. The van der Waals surface area contributed by atoms with Crippen molar-refractivity contribution in [2.75, 3.05) is 5.32 Å². The number of rotatable bonds is 2. The smallest absolute Gasteiger partial charge is 0.232 e. The summed E-state index contributed by atoms with van der Waals surface area (Å²) < 4.78 is 0. The normalized spacial score (nSPS) is 34.7. The van der Waals surface area contributed by atoms with E-state index in [1.54, 1.807) is 18.2 Å². The van der Waals surface area contributed by atoms with Crippen LogP contribution in [0.3, 0.4) is 0 Å². The van der Waals surface area contributed by atoms with Crippen molar-refractivity contribution in [1.29, 1.82) is 0 Å². The number of fused-ring (bicyclic) bond motifs is 2. The molecule has 2 bridgehead atoms. The number of carbonyl (C=O) groups excluding carboxylic acids is 2. The number of ketones is 1. The second-order valence-corrected chi connectivity index (χ2v) is 8.94. The molecule has 0 spiro atoms. The summed E-state index contributed by atoms with van der Waals surface area (Å²) in [4.78, 5) is 25.4. The van der Waals surface area contributed by atoms with Gasteiger partial charge in [-0.15, -0.1) is 0 Å². The second-order valence-electron chi connectivity index (χ2n) is 7.21. The molecular weight excluding hydrogens is 401 g/mol. The summed E-state index contributed by atoms with van der Waals surface area (Å²) >= 11 is 15.8. The van der Waals surface area contributed by atoms with Crippen LogP contribution >= 0.6 is 39.1 Å². The van der Waals surface area contributed by atoms with Gasteiger partial charge in [-0.05, 0) is 30.4 Å². The summed E-state index contributed by atoms with van der Waals surface area (Å²) in [5.74, 6) is -0.0943. The average molecular weight is 419 g/mol. The monoisotopic (exact) mass is 417 g/mol. The summed E-state index contributed by atoms with van der Waals surface area (Å²) in [6.07, 6.45) is 1.37. The van der Waals surface area contributed by atoms with Gasteiger partial charge in [-0.1, -0.05) is 66.0 Å². The zero-order valence-electron chi connectivity index (χ0n) is 13.2. The van der Waals surface area contributed by atoms with Gasteiger partial charge in [0.1, 0.15) is 0 Å². The summed E-state index contributed by atoms with van der Waals surface area (Å²) in [6.45, 7) is 5.98. The van der Waals surface area contributed by atoms with Gasteiger partial charge in [0.15, 0.2) is 5.78 Å². The van der Waals surface area contributed by atoms with E-state index in [-0.39, 0.29) is 11.7 Å². The maximum Gasteiger partial charge on any atom is 0.232 e. The zero-order chi connectivity index (χ0) is 17.2. The molecule has 6 heteroatoms. The quantitative estimate of drug-likeness (QED) is 0.679. The molecule has 0 saturated heterocycles. The lowest BCUT2D eigenvalue weighted by Crippen LogP contribution is -2.48. The molecule has 1 aromatic rings. The van der Waals surface area contributed by atoms with E-state index in [4.69, 9.17) is 23.2 Å². The first-order chi connectivity index (χ1) is 10.6. The minimum absolute atomic E-state index is 0.106. The predicted molar refractivity (Wildman–Crippen MR) is 96.4 cm³/mol. The lowest BCUT2D eigenvalue weighted by atomic mass is 9.64. The van der Waals surface area contributed by atoms with E-state index in [0.29, 0.717) is 28.6 Å². The molecule has 2 aliphatic carbocycles. The molecule has 124 valence electrons. The number of anilines is 1. The number of hydrogen-bond acceptors (Lipinski definition) is 2. The molecule has 3 nitrogen and oxygen atoms in total.